The number of hydrogen-bond donors (Lipinski definition) is 2. The zero-order chi connectivity index (χ0) is 12.7. The van der Waals surface area contributed by atoms with Gasteiger partial charge in [0.2, 0.25) is 0 Å². The second-order valence-electron chi connectivity index (χ2n) is 4.73. The lowest BCUT2D eigenvalue weighted by molar-refractivity contribution is 0.302. The fraction of sp³-hybridized carbons (Fsp3) is 0.571. The minimum atomic E-state index is -0.422. The number of ether oxygens (including phenoxy) is 1. The molecule has 0 spiro atoms. The van der Waals surface area contributed by atoms with E-state index in [1.54, 1.807) is 7.11 Å². The van der Waals surface area contributed by atoms with Crippen molar-refractivity contribution in [1.82, 2.24) is 5.32 Å². The molecule has 17 heavy (non-hydrogen) atoms. The summed E-state index contributed by atoms with van der Waals surface area (Å²) in [4.78, 5) is 0. The zero-order valence-corrected chi connectivity index (χ0v) is 11.1. The molecule has 96 valence electrons. The Balaban J connectivity index is 2.60. The molecule has 1 aliphatic rings. The molecule has 3 N–H and O–H groups in total. The molecular weight excluding hydrogens is 212 g/mol. The summed E-state index contributed by atoms with van der Waals surface area (Å²) in [5.41, 5.74) is 6.95. The van der Waals surface area contributed by atoms with Crippen molar-refractivity contribution >= 4 is 0 Å². The normalized spacial score (nSPS) is 24.0. The molecular formula is C14H24N2O. The maximum atomic E-state index is 6.10. The van der Waals surface area contributed by atoms with Gasteiger partial charge < -0.3 is 15.8 Å². The molecule has 3 nitrogen and oxygen atoms in total. The van der Waals surface area contributed by atoms with Crippen LogP contribution in [-0.4, -0.2) is 26.2 Å². The maximum Gasteiger partial charge on any atom is 0.117 e. The van der Waals surface area contributed by atoms with Crippen molar-refractivity contribution in [3.63, 3.8) is 0 Å². The quantitative estimate of drug-likeness (QED) is 0.694. The van der Waals surface area contributed by atoms with E-state index >= 15 is 0 Å². The van der Waals surface area contributed by atoms with Crippen molar-refractivity contribution in [2.45, 2.75) is 31.7 Å². The summed E-state index contributed by atoms with van der Waals surface area (Å²) >= 11 is 0. The van der Waals surface area contributed by atoms with Gasteiger partial charge in [0.05, 0.1) is 12.6 Å². The molecule has 0 aromatic carbocycles. The fourth-order valence-corrected chi connectivity index (χ4v) is 1.82. The topological polar surface area (TPSA) is 47.3 Å². The highest BCUT2D eigenvalue weighted by atomic mass is 16.5. The lowest BCUT2D eigenvalue weighted by atomic mass is 10.0. The van der Waals surface area contributed by atoms with Crippen molar-refractivity contribution in [3.8, 4) is 0 Å². The molecule has 0 aliphatic heterocycles. The van der Waals surface area contributed by atoms with Crippen LogP contribution in [0.2, 0.25) is 0 Å². The molecule has 0 saturated heterocycles. The van der Waals surface area contributed by atoms with Crippen molar-refractivity contribution in [1.29, 1.82) is 0 Å². The van der Waals surface area contributed by atoms with Gasteiger partial charge in [-0.05, 0) is 57.5 Å². The van der Waals surface area contributed by atoms with Gasteiger partial charge in [-0.15, -0.1) is 0 Å². The van der Waals surface area contributed by atoms with Crippen molar-refractivity contribution in [2.75, 3.05) is 20.7 Å². The van der Waals surface area contributed by atoms with Crippen LogP contribution in [0.1, 0.15) is 26.2 Å². The second kappa shape index (κ2) is 6.62. The number of nitrogens with one attached hydrogen (secondary N) is 1. The summed E-state index contributed by atoms with van der Waals surface area (Å²) < 4.78 is 5.32. The monoisotopic (exact) mass is 236 g/mol. The van der Waals surface area contributed by atoms with Gasteiger partial charge in [-0.3, -0.25) is 0 Å². The average Bonchev–Trinajstić information content (AvgIpc) is 2.43. The van der Waals surface area contributed by atoms with Crippen LogP contribution in [0, 0.1) is 0 Å². The van der Waals surface area contributed by atoms with Crippen LogP contribution in [0.5, 0.6) is 0 Å². The minimum Gasteiger partial charge on any atom is -0.497 e. The molecule has 0 radical (unpaired) electrons. The highest BCUT2D eigenvalue weighted by molar-refractivity contribution is 5.36. The van der Waals surface area contributed by atoms with E-state index in [9.17, 15) is 0 Å². The molecule has 0 amide bonds. The third-order valence-corrected chi connectivity index (χ3v) is 2.82. The fourth-order valence-electron chi connectivity index (χ4n) is 1.82. The first-order valence-electron chi connectivity index (χ1n) is 6.17. The molecule has 0 heterocycles. The van der Waals surface area contributed by atoms with Gasteiger partial charge in [0.25, 0.3) is 0 Å². The number of rotatable bonds is 6. The predicted octanol–water partition coefficient (Wildman–Crippen LogP) is 2.12. The number of unbranched alkanes of at least 4 members (excludes halogenated alkanes) is 1. The first-order valence-corrected chi connectivity index (χ1v) is 6.17. The van der Waals surface area contributed by atoms with Crippen LogP contribution in [0.3, 0.4) is 0 Å². The van der Waals surface area contributed by atoms with Gasteiger partial charge in [-0.2, -0.15) is 0 Å². The molecule has 1 rings (SSSR count). The molecule has 0 aromatic heterocycles. The number of hydrogen-bond acceptors (Lipinski definition) is 3. The molecule has 1 atom stereocenters. The predicted molar refractivity (Wildman–Crippen MR) is 72.7 cm³/mol. The maximum absolute atomic E-state index is 6.10. The zero-order valence-electron chi connectivity index (χ0n) is 11.1. The Morgan fingerprint density at radius 1 is 1.41 bits per heavy atom. The Morgan fingerprint density at radius 3 is 2.82 bits per heavy atom. The van der Waals surface area contributed by atoms with Crippen LogP contribution in [0.15, 0.2) is 35.6 Å². The summed E-state index contributed by atoms with van der Waals surface area (Å²) in [5, 5.41) is 3.16. The first kappa shape index (κ1) is 14.0. The van der Waals surface area contributed by atoms with Crippen LogP contribution < -0.4 is 11.1 Å². The van der Waals surface area contributed by atoms with E-state index in [0.717, 1.165) is 18.7 Å². The van der Waals surface area contributed by atoms with Gasteiger partial charge in [0, 0.05) is 0 Å². The third kappa shape index (κ3) is 5.20. The van der Waals surface area contributed by atoms with Crippen LogP contribution in [0.4, 0.5) is 0 Å². The van der Waals surface area contributed by atoms with Gasteiger partial charge in [0.1, 0.15) is 5.76 Å². The minimum absolute atomic E-state index is 0.422. The molecule has 1 unspecified atom stereocenters. The standard InChI is InChI=1S/C14H24N2O/c1-14(15)8-7-12(6-4-5-9-16-2)10-13(11-14)17-3/h7-8,10-11,16H,4-6,9,15H2,1-3H3. The van der Waals surface area contributed by atoms with Crippen LogP contribution in [-0.2, 0) is 4.74 Å². The number of allylic oxidation sites excluding steroid dienone is 3. The van der Waals surface area contributed by atoms with E-state index in [-0.39, 0.29) is 0 Å². The molecule has 0 saturated carbocycles. The van der Waals surface area contributed by atoms with Gasteiger partial charge in [-0.25, -0.2) is 0 Å². The molecule has 0 aromatic rings. The number of methoxy groups -OCH3 is 1. The summed E-state index contributed by atoms with van der Waals surface area (Å²) in [7, 11) is 3.67. The van der Waals surface area contributed by atoms with Gasteiger partial charge in [-0.1, -0.05) is 12.2 Å². The van der Waals surface area contributed by atoms with E-state index in [1.807, 2.05) is 26.1 Å². The average molecular weight is 236 g/mol. The smallest absolute Gasteiger partial charge is 0.117 e. The van der Waals surface area contributed by atoms with E-state index in [4.69, 9.17) is 10.5 Å². The highest BCUT2D eigenvalue weighted by Crippen LogP contribution is 2.20. The van der Waals surface area contributed by atoms with E-state index in [1.165, 1.54) is 18.4 Å². The first-order chi connectivity index (χ1) is 8.07. The second-order valence-corrected chi connectivity index (χ2v) is 4.73. The van der Waals surface area contributed by atoms with E-state index < -0.39 is 5.54 Å². The Labute approximate surface area is 104 Å². The Kier molecular flexibility index (Phi) is 5.45. The number of nitrogens with two attached hydrogens (primary N) is 1. The van der Waals surface area contributed by atoms with Crippen LogP contribution in [0.25, 0.3) is 0 Å². The van der Waals surface area contributed by atoms with Crippen molar-refractivity contribution in [3.05, 3.63) is 35.6 Å². The Bertz CT molecular complexity index is 327. The SMILES string of the molecule is CNCCCCC1=CC(OC)=CC(C)(N)C=C1. The summed E-state index contributed by atoms with van der Waals surface area (Å²) in [6.45, 7) is 3.04. The lowest BCUT2D eigenvalue weighted by Gasteiger charge is -2.14. The van der Waals surface area contributed by atoms with Crippen LogP contribution >= 0.6 is 0 Å². The largest absolute Gasteiger partial charge is 0.497 e. The molecule has 1 aliphatic carbocycles. The van der Waals surface area contributed by atoms with Gasteiger partial charge in [0.15, 0.2) is 0 Å². The lowest BCUT2D eigenvalue weighted by Crippen LogP contribution is -2.31. The van der Waals surface area contributed by atoms with Crippen molar-refractivity contribution in [2.24, 2.45) is 5.73 Å². The van der Waals surface area contributed by atoms with Crippen molar-refractivity contribution < 1.29 is 4.74 Å². The van der Waals surface area contributed by atoms with E-state index in [2.05, 4.69) is 17.5 Å². The summed E-state index contributed by atoms with van der Waals surface area (Å²) in [5.74, 6) is 0.851. The molecule has 0 fully saturated rings. The Hall–Kier alpha value is -1.06. The molecule has 3 heteroatoms. The summed E-state index contributed by atoms with van der Waals surface area (Å²) in [6.07, 6.45) is 11.6. The van der Waals surface area contributed by atoms with E-state index in [0.29, 0.717) is 0 Å². The highest BCUT2D eigenvalue weighted by Gasteiger charge is 2.15. The summed E-state index contributed by atoms with van der Waals surface area (Å²) in [6, 6.07) is 0. The Morgan fingerprint density at radius 2 is 2.18 bits per heavy atom. The third-order valence-electron chi connectivity index (χ3n) is 2.82. The van der Waals surface area contributed by atoms with Gasteiger partial charge >= 0.3 is 0 Å². The molecule has 0 bridgehead atoms.